The van der Waals surface area contributed by atoms with Crippen molar-refractivity contribution >= 4 is 17.6 Å². The molecule has 3 rings (SSSR count). The van der Waals surface area contributed by atoms with Crippen molar-refractivity contribution in [3.63, 3.8) is 0 Å². The Balaban J connectivity index is 1.71. The standard InChI is InChI=1S/C18H20N4O4/c1-12-10-14(6-7-15(12)26-16-11-19-8-9-20-16)22(25-2)18(24)21-17(23)13-4-3-5-13/h6-11,13H,3-5H2,1-2H3,(H,21,23,24). The maximum Gasteiger partial charge on any atom is 0.352 e. The minimum Gasteiger partial charge on any atom is -0.437 e. The van der Waals surface area contributed by atoms with E-state index in [-0.39, 0.29) is 11.8 Å². The first-order valence-corrected chi connectivity index (χ1v) is 8.32. The van der Waals surface area contributed by atoms with Gasteiger partial charge in [0.1, 0.15) is 5.75 Å². The van der Waals surface area contributed by atoms with Crippen molar-refractivity contribution in [1.82, 2.24) is 15.3 Å². The fourth-order valence-corrected chi connectivity index (χ4v) is 2.56. The zero-order valence-electron chi connectivity index (χ0n) is 14.6. The lowest BCUT2D eigenvalue weighted by Crippen LogP contribution is -2.46. The van der Waals surface area contributed by atoms with Gasteiger partial charge in [0, 0.05) is 18.3 Å². The topological polar surface area (TPSA) is 93.7 Å². The monoisotopic (exact) mass is 356 g/mol. The van der Waals surface area contributed by atoms with Gasteiger partial charge < -0.3 is 4.74 Å². The van der Waals surface area contributed by atoms with E-state index in [0.717, 1.165) is 29.9 Å². The molecule has 1 heterocycles. The minimum atomic E-state index is -0.619. The molecule has 1 N–H and O–H groups in total. The number of carbonyl (C=O) groups excluding carboxylic acids is 2. The molecule has 2 aromatic rings. The van der Waals surface area contributed by atoms with Gasteiger partial charge in [-0.05, 0) is 43.5 Å². The molecule has 1 aromatic heterocycles. The molecule has 26 heavy (non-hydrogen) atoms. The Labute approximate surface area is 151 Å². The molecule has 0 radical (unpaired) electrons. The molecule has 8 nitrogen and oxygen atoms in total. The van der Waals surface area contributed by atoms with Crippen LogP contribution in [0.2, 0.25) is 0 Å². The number of rotatable bonds is 5. The molecule has 0 spiro atoms. The molecule has 3 amide bonds. The summed E-state index contributed by atoms with van der Waals surface area (Å²) in [7, 11) is 1.37. The average molecular weight is 356 g/mol. The maximum atomic E-state index is 12.3. The normalized spacial score (nSPS) is 13.6. The summed E-state index contributed by atoms with van der Waals surface area (Å²) in [5.74, 6) is 0.608. The average Bonchev–Trinajstić information content (AvgIpc) is 2.57. The fourth-order valence-electron chi connectivity index (χ4n) is 2.56. The molecular weight excluding hydrogens is 336 g/mol. The van der Waals surface area contributed by atoms with Gasteiger partial charge in [-0.3, -0.25) is 19.9 Å². The number of hydroxylamine groups is 1. The number of anilines is 1. The summed E-state index contributed by atoms with van der Waals surface area (Å²) >= 11 is 0. The van der Waals surface area contributed by atoms with Crippen LogP contribution in [0.3, 0.4) is 0 Å². The van der Waals surface area contributed by atoms with Crippen LogP contribution in [0.15, 0.2) is 36.8 Å². The van der Waals surface area contributed by atoms with Crippen LogP contribution < -0.4 is 15.1 Å². The molecule has 1 fully saturated rings. The van der Waals surface area contributed by atoms with Crippen molar-refractivity contribution < 1.29 is 19.2 Å². The van der Waals surface area contributed by atoms with Gasteiger partial charge in [-0.2, -0.15) is 5.06 Å². The highest BCUT2D eigenvalue weighted by atomic mass is 16.7. The van der Waals surface area contributed by atoms with Gasteiger partial charge in [-0.15, -0.1) is 0 Å². The van der Waals surface area contributed by atoms with Crippen LogP contribution >= 0.6 is 0 Å². The van der Waals surface area contributed by atoms with Gasteiger partial charge in [-0.1, -0.05) is 6.42 Å². The molecular formula is C18H20N4O4. The number of imide groups is 1. The Bertz CT molecular complexity index is 793. The lowest BCUT2D eigenvalue weighted by atomic mass is 9.85. The number of benzene rings is 1. The van der Waals surface area contributed by atoms with Crippen molar-refractivity contribution in [3.05, 3.63) is 42.4 Å². The Morgan fingerprint density at radius 1 is 1.27 bits per heavy atom. The SMILES string of the molecule is CON(C(=O)NC(=O)C1CCC1)c1ccc(Oc2cnccn2)c(C)c1. The predicted molar refractivity (Wildman–Crippen MR) is 93.7 cm³/mol. The molecule has 1 saturated carbocycles. The van der Waals surface area contributed by atoms with E-state index < -0.39 is 6.03 Å². The maximum absolute atomic E-state index is 12.3. The van der Waals surface area contributed by atoms with E-state index in [1.54, 1.807) is 24.4 Å². The smallest absolute Gasteiger partial charge is 0.352 e. The Kier molecular flexibility index (Phi) is 5.43. The quantitative estimate of drug-likeness (QED) is 0.828. The second-order valence-corrected chi connectivity index (χ2v) is 5.99. The minimum absolute atomic E-state index is 0.0813. The first kappa shape index (κ1) is 17.8. The summed E-state index contributed by atoms with van der Waals surface area (Å²) in [6.07, 6.45) is 7.26. The molecule has 8 heteroatoms. The highest BCUT2D eigenvalue weighted by Gasteiger charge is 2.28. The van der Waals surface area contributed by atoms with E-state index in [9.17, 15) is 9.59 Å². The van der Waals surface area contributed by atoms with Gasteiger partial charge in [0.15, 0.2) is 0 Å². The highest BCUT2D eigenvalue weighted by molar-refractivity contribution is 6.02. The molecule has 0 bridgehead atoms. The number of aromatic nitrogens is 2. The number of ether oxygens (including phenoxy) is 1. The van der Waals surface area contributed by atoms with Crippen LogP contribution in [0.25, 0.3) is 0 Å². The number of nitrogens with zero attached hydrogens (tertiary/aromatic N) is 3. The van der Waals surface area contributed by atoms with Crippen LogP contribution in [-0.2, 0) is 9.63 Å². The van der Waals surface area contributed by atoms with E-state index in [2.05, 4.69) is 15.3 Å². The second kappa shape index (κ2) is 7.92. The lowest BCUT2D eigenvalue weighted by molar-refractivity contribution is -0.126. The van der Waals surface area contributed by atoms with E-state index in [1.807, 2.05) is 6.92 Å². The Hall–Kier alpha value is -3.00. The van der Waals surface area contributed by atoms with Crippen LogP contribution in [-0.4, -0.2) is 29.0 Å². The summed E-state index contributed by atoms with van der Waals surface area (Å²) in [5.41, 5.74) is 1.25. The second-order valence-electron chi connectivity index (χ2n) is 5.99. The number of hydrogen-bond donors (Lipinski definition) is 1. The molecule has 1 aromatic carbocycles. The predicted octanol–water partition coefficient (Wildman–Crippen LogP) is 2.98. The summed E-state index contributed by atoms with van der Waals surface area (Å²) in [6, 6.07) is 4.47. The summed E-state index contributed by atoms with van der Waals surface area (Å²) in [4.78, 5) is 37.5. The van der Waals surface area contributed by atoms with Crippen molar-refractivity contribution in [2.75, 3.05) is 12.2 Å². The van der Waals surface area contributed by atoms with E-state index in [0.29, 0.717) is 17.3 Å². The molecule has 0 unspecified atom stereocenters. The Morgan fingerprint density at radius 3 is 2.65 bits per heavy atom. The van der Waals surface area contributed by atoms with Crippen LogP contribution in [0.1, 0.15) is 24.8 Å². The number of carbonyl (C=O) groups is 2. The van der Waals surface area contributed by atoms with Crippen LogP contribution in [0, 0.1) is 12.8 Å². The molecule has 0 saturated heterocycles. The molecule has 1 aliphatic carbocycles. The number of aryl methyl sites for hydroxylation is 1. The highest BCUT2D eigenvalue weighted by Crippen LogP contribution is 2.28. The number of amides is 3. The van der Waals surface area contributed by atoms with Gasteiger partial charge in [0.2, 0.25) is 11.8 Å². The third-order valence-corrected chi connectivity index (χ3v) is 4.22. The third-order valence-electron chi connectivity index (χ3n) is 4.22. The van der Waals surface area contributed by atoms with Gasteiger partial charge in [0.25, 0.3) is 0 Å². The zero-order valence-corrected chi connectivity index (χ0v) is 14.6. The lowest BCUT2D eigenvalue weighted by Gasteiger charge is -2.26. The number of urea groups is 1. The van der Waals surface area contributed by atoms with Crippen LogP contribution in [0.4, 0.5) is 10.5 Å². The van der Waals surface area contributed by atoms with Crippen molar-refractivity contribution in [1.29, 1.82) is 0 Å². The van der Waals surface area contributed by atoms with Gasteiger partial charge in [0.05, 0.1) is 19.0 Å². The summed E-state index contributed by atoms with van der Waals surface area (Å²) < 4.78 is 5.67. The Morgan fingerprint density at radius 2 is 2.08 bits per heavy atom. The molecule has 1 aliphatic rings. The summed E-state index contributed by atoms with van der Waals surface area (Å²) in [6.45, 7) is 1.83. The molecule has 0 atom stereocenters. The van der Waals surface area contributed by atoms with Crippen molar-refractivity contribution in [2.45, 2.75) is 26.2 Å². The first-order chi connectivity index (χ1) is 12.6. The van der Waals surface area contributed by atoms with E-state index in [4.69, 9.17) is 9.57 Å². The van der Waals surface area contributed by atoms with Gasteiger partial charge in [-0.25, -0.2) is 9.78 Å². The summed E-state index contributed by atoms with van der Waals surface area (Å²) in [5, 5.41) is 3.42. The third kappa shape index (κ3) is 3.97. The van der Waals surface area contributed by atoms with Gasteiger partial charge >= 0.3 is 6.03 Å². The van der Waals surface area contributed by atoms with Crippen LogP contribution in [0.5, 0.6) is 11.6 Å². The largest absolute Gasteiger partial charge is 0.437 e. The fraction of sp³-hybridized carbons (Fsp3) is 0.333. The first-order valence-electron chi connectivity index (χ1n) is 8.32. The van der Waals surface area contributed by atoms with E-state index in [1.165, 1.54) is 19.5 Å². The van der Waals surface area contributed by atoms with Crippen molar-refractivity contribution in [2.24, 2.45) is 5.92 Å². The van der Waals surface area contributed by atoms with Crippen molar-refractivity contribution in [3.8, 4) is 11.6 Å². The number of nitrogens with one attached hydrogen (secondary N) is 1. The number of hydrogen-bond acceptors (Lipinski definition) is 6. The molecule has 136 valence electrons. The molecule has 0 aliphatic heterocycles. The van der Waals surface area contributed by atoms with E-state index >= 15 is 0 Å². The zero-order chi connectivity index (χ0) is 18.5.